The van der Waals surface area contributed by atoms with Crippen molar-refractivity contribution in [2.24, 2.45) is 5.10 Å². The Balaban J connectivity index is 1.66. The number of benzene rings is 3. The number of methoxy groups -OCH3 is 1. The second kappa shape index (κ2) is 14.4. The van der Waals surface area contributed by atoms with E-state index in [0.717, 1.165) is 11.1 Å². The van der Waals surface area contributed by atoms with Crippen LogP contribution in [0.4, 0.5) is 4.79 Å². The van der Waals surface area contributed by atoms with Crippen LogP contribution in [-0.2, 0) is 16.1 Å². The van der Waals surface area contributed by atoms with Gasteiger partial charge in [-0.1, -0.05) is 48.5 Å². The van der Waals surface area contributed by atoms with Crippen molar-refractivity contribution in [1.82, 2.24) is 10.7 Å². The summed E-state index contributed by atoms with van der Waals surface area (Å²) in [6, 6.07) is 21.3. The van der Waals surface area contributed by atoms with E-state index in [-0.39, 0.29) is 19.6 Å². The monoisotopic (exact) mass is 578 g/mol. The summed E-state index contributed by atoms with van der Waals surface area (Å²) < 4.78 is 17.0. The van der Waals surface area contributed by atoms with Crippen LogP contribution < -0.4 is 20.2 Å². The van der Waals surface area contributed by atoms with Crippen LogP contribution in [0, 0.1) is 11.3 Å². The number of hydrazone groups is 1. The van der Waals surface area contributed by atoms with Gasteiger partial charge in [-0.15, -0.1) is 0 Å². The van der Waals surface area contributed by atoms with Crippen molar-refractivity contribution in [3.63, 3.8) is 0 Å². The van der Waals surface area contributed by atoms with Gasteiger partial charge in [0, 0.05) is 15.6 Å². The topological polar surface area (TPSA) is 122 Å². The Hall–Kier alpha value is -4.36. The molecule has 10 heteroatoms. The normalized spacial score (nSPS) is 11.3. The summed E-state index contributed by atoms with van der Waals surface area (Å²) in [7, 11) is 1.52. The molecule has 0 aromatic heterocycles. The van der Waals surface area contributed by atoms with Gasteiger partial charge in [0.15, 0.2) is 11.5 Å². The van der Waals surface area contributed by atoms with E-state index in [1.807, 2.05) is 42.5 Å². The summed E-state index contributed by atoms with van der Waals surface area (Å²) in [4.78, 5) is 24.6. The molecule has 0 aliphatic carbocycles. The number of ether oxygens (including phenoxy) is 3. The molecule has 3 aromatic rings. The lowest BCUT2D eigenvalue weighted by molar-refractivity contribution is -0.121. The number of nitriles is 1. The number of hydrogen-bond acceptors (Lipinski definition) is 7. The fourth-order valence-corrected chi connectivity index (χ4v) is 3.92. The number of hydrogen-bond donors (Lipinski definition) is 2. The van der Waals surface area contributed by atoms with E-state index in [4.69, 9.17) is 14.2 Å². The molecule has 2 N–H and O–H groups in total. The highest BCUT2D eigenvalue weighted by molar-refractivity contribution is 9.10. The number of carbonyl (C=O) groups is 2. The predicted molar refractivity (Wildman–Crippen MR) is 146 cm³/mol. The lowest BCUT2D eigenvalue weighted by atomic mass is 10.0. The van der Waals surface area contributed by atoms with E-state index in [1.54, 1.807) is 31.2 Å². The standard InChI is InChI=1S/C28H27BrN4O5/c1-3-37-28(35)32-24(19-9-5-4-6-10-19)15-27(34)33-31-17-22-13-25(36-2)26(14-23(22)29)38-18-21-12-8-7-11-20(21)16-30/h4-14,17,24H,3,15,18H2,1-2H3,(H,32,35)(H,33,34)/b31-17-/t24-/m1/s1. The van der Waals surface area contributed by atoms with Crippen molar-refractivity contribution in [3.05, 3.63) is 93.5 Å². The summed E-state index contributed by atoms with van der Waals surface area (Å²) >= 11 is 3.49. The number of nitrogens with one attached hydrogen (secondary N) is 2. The van der Waals surface area contributed by atoms with Gasteiger partial charge < -0.3 is 19.5 Å². The Morgan fingerprint density at radius 2 is 1.84 bits per heavy atom. The van der Waals surface area contributed by atoms with E-state index in [2.05, 4.69) is 37.8 Å². The SMILES string of the molecule is CCOC(=O)N[C@H](CC(=O)N/N=C\c1cc(OC)c(OCc2ccccc2C#N)cc1Br)c1ccccc1. The average molecular weight is 579 g/mol. The van der Waals surface area contributed by atoms with Crippen molar-refractivity contribution >= 4 is 34.1 Å². The van der Waals surface area contributed by atoms with Gasteiger partial charge in [-0.3, -0.25) is 4.79 Å². The Morgan fingerprint density at radius 3 is 2.55 bits per heavy atom. The molecule has 0 saturated carbocycles. The molecule has 3 aromatic carbocycles. The van der Waals surface area contributed by atoms with Crippen molar-refractivity contribution in [2.45, 2.75) is 26.0 Å². The van der Waals surface area contributed by atoms with Crippen LogP contribution in [0.25, 0.3) is 0 Å². The quantitative estimate of drug-likeness (QED) is 0.237. The Bertz CT molecular complexity index is 1320. The minimum absolute atomic E-state index is 0.0401. The van der Waals surface area contributed by atoms with Crippen molar-refractivity contribution in [3.8, 4) is 17.6 Å². The van der Waals surface area contributed by atoms with Crippen LogP contribution in [0.15, 0.2) is 76.3 Å². The zero-order valence-electron chi connectivity index (χ0n) is 20.9. The second-order valence-corrected chi connectivity index (χ2v) is 8.76. The molecule has 0 aliphatic rings. The third kappa shape index (κ3) is 8.08. The first-order valence-corrected chi connectivity index (χ1v) is 12.5. The molecule has 0 saturated heterocycles. The summed E-state index contributed by atoms with van der Waals surface area (Å²) in [6.45, 7) is 2.12. The molecular formula is C28H27BrN4O5. The van der Waals surface area contributed by atoms with Gasteiger partial charge in [-0.05, 0) is 46.6 Å². The number of amides is 2. The first-order chi connectivity index (χ1) is 18.4. The zero-order valence-corrected chi connectivity index (χ0v) is 22.5. The fraction of sp³-hybridized carbons (Fsp3) is 0.214. The third-order valence-corrected chi connectivity index (χ3v) is 6.04. The molecule has 1 atom stereocenters. The van der Waals surface area contributed by atoms with E-state index in [9.17, 15) is 14.9 Å². The van der Waals surface area contributed by atoms with Crippen LogP contribution in [0.1, 0.15) is 41.6 Å². The van der Waals surface area contributed by atoms with Gasteiger partial charge in [-0.25, -0.2) is 10.2 Å². The van der Waals surface area contributed by atoms with Crippen LogP contribution in [0.2, 0.25) is 0 Å². The molecule has 0 heterocycles. The number of carbonyl (C=O) groups excluding carboxylic acids is 2. The molecule has 0 aliphatic heterocycles. The third-order valence-electron chi connectivity index (χ3n) is 5.36. The van der Waals surface area contributed by atoms with Crippen LogP contribution >= 0.6 is 15.9 Å². The van der Waals surface area contributed by atoms with Gasteiger partial charge in [0.25, 0.3) is 0 Å². The molecule has 0 fully saturated rings. The van der Waals surface area contributed by atoms with Gasteiger partial charge in [-0.2, -0.15) is 10.4 Å². The minimum Gasteiger partial charge on any atom is -0.493 e. The predicted octanol–water partition coefficient (Wildman–Crippen LogP) is 5.24. The molecule has 0 bridgehead atoms. The highest BCUT2D eigenvalue weighted by atomic mass is 79.9. The maximum atomic E-state index is 12.6. The molecule has 3 rings (SSSR count). The molecule has 196 valence electrons. The minimum atomic E-state index is -0.605. The van der Waals surface area contributed by atoms with Gasteiger partial charge >= 0.3 is 6.09 Å². The summed E-state index contributed by atoms with van der Waals surface area (Å²) in [5.41, 5.74) is 5.19. The average Bonchev–Trinajstić information content (AvgIpc) is 2.93. The zero-order chi connectivity index (χ0) is 27.3. The lowest BCUT2D eigenvalue weighted by Gasteiger charge is -2.18. The van der Waals surface area contributed by atoms with Gasteiger partial charge in [0.1, 0.15) is 6.61 Å². The van der Waals surface area contributed by atoms with Crippen LogP contribution in [0.3, 0.4) is 0 Å². The summed E-state index contributed by atoms with van der Waals surface area (Å²) in [5, 5.41) is 16.0. The highest BCUT2D eigenvalue weighted by Gasteiger charge is 2.19. The number of rotatable bonds is 11. The Labute approximate surface area is 229 Å². The molecule has 0 unspecified atom stereocenters. The number of halogens is 1. The summed E-state index contributed by atoms with van der Waals surface area (Å²) in [6.07, 6.45) is 0.823. The smallest absolute Gasteiger partial charge is 0.407 e. The maximum Gasteiger partial charge on any atom is 0.407 e. The van der Waals surface area contributed by atoms with Crippen molar-refractivity contribution in [2.75, 3.05) is 13.7 Å². The Morgan fingerprint density at radius 1 is 1.11 bits per heavy atom. The molecule has 9 nitrogen and oxygen atoms in total. The van der Waals surface area contributed by atoms with E-state index < -0.39 is 18.0 Å². The number of alkyl carbamates (subject to hydrolysis) is 1. The van der Waals surface area contributed by atoms with Crippen molar-refractivity contribution < 1.29 is 23.8 Å². The summed E-state index contributed by atoms with van der Waals surface area (Å²) in [5.74, 6) is 0.536. The fourth-order valence-electron chi connectivity index (χ4n) is 3.49. The molecule has 38 heavy (non-hydrogen) atoms. The first kappa shape index (κ1) is 28.2. The van der Waals surface area contributed by atoms with Crippen molar-refractivity contribution in [1.29, 1.82) is 5.26 Å². The highest BCUT2D eigenvalue weighted by Crippen LogP contribution is 2.33. The van der Waals surface area contributed by atoms with Crippen LogP contribution in [0.5, 0.6) is 11.5 Å². The van der Waals surface area contributed by atoms with E-state index in [0.29, 0.717) is 27.1 Å². The van der Waals surface area contributed by atoms with E-state index in [1.165, 1.54) is 13.3 Å². The first-order valence-electron chi connectivity index (χ1n) is 11.7. The largest absolute Gasteiger partial charge is 0.493 e. The molecule has 2 amide bonds. The lowest BCUT2D eigenvalue weighted by Crippen LogP contribution is -2.33. The van der Waals surface area contributed by atoms with Gasteiger partial charge in [0.05, 0.1) is 44.0 Å². The van der Waals surface area contributed by atoms with E-state index >= 15 is 0 Å². The van der Waals surface area contributed by atoms with Gasteiger partial charge in [0.2, 0.25) is 5.91 Å². The maximum absolute atomic E-state index is 12.6. The number of nitrogens with zero attached hydrogens (tertiary/aromatic N) is 2. The van der Waals surface area contributed by atoms with Crippen LogP contribution in [-0.4, -0.2) is 31.9 Å². The second-order valence-electron chi connectivity index (χ2n) is 7.91. The Kier molecular flexibility index (Phi) is 10.7. The molecular weight excluding hydrogens is 552 g/mol. The molecule has 0 radical (unpaired) electrons. The molecule has 0 spiro atoms.